The number of para-hydroxylation sites is 2. The van der Waals surface area contributed by atoms with Crippen molar-refractivity contribution >= 4 is 57.7 Å². The molecule has 1 amide bonds. The number of rotatable bonds is 7. The van der Waals surface area contributed by atoms with Gasteiger partial charge in [0.05, 0.1) is 16.4 Å². The zero-order chi connectivity index (χ0) is 21.3. The lowest BCUT2D eigenvalue weighted by Crippen LogP contribution is -2.19. The van der Waals surface area contributed by atoms with E-state index in [0.29, 0.717) is 10.8 Å². The average molecular weight is 439 g/mol. The van der Waals surface area contributed by atoms with Gasteiger partial charge in [-0.15, -0.1) is 11.8 Å². The van der Waals surface area contributed by atoms with Gasteiger partial charge in [-0.2, -0.15) is 0 Å². The Morgan fingerprint density at radius 1 is 0.867 bits per heavy atom. The van der Waals surface area contributed by atoms with E-state index in [1.807, 2.05) is 54.6 Å². The predicted octanol–water partition coefficient (Wildman–Crippen LogP) is 5.13. The summed E-state index contributed by atoms with van der Waals surface area (Å²) >= 11 is 6.73. The molecule has 0 radical (unpaired) electrons. The zero-order valence-corrected chi connectivity index (χ0v) is 17.3. The first-order chi connectivity index (χ1) is 14.5. The summed E-state index contributed by atoms with van der Waals surface area (Å²) in [6.07, 6.45) is 0. The number of thioether (sulfide) groups is 1. The number of nitro benzene ring substituents is 1. The molecule has 3 N–H and O–H groups in total. The van der Waals surface area contributed by atoms with Crippen LogP contribution in [0.4, 0.5) is 22.7 Å². The molecule has 0 aromatic heterocycles. The number of anilines is 3. The molecule has 0 spiro atoms. The van der Waals surface area contributed by atoms with Crippen LogP contribution in [0.2, 0.25) is 0 Å². The van der Waals surface area contributed by atoms with Crippen LogP contribution in [0.5, 0.6) is 0 Å². The molecule has 0 aliphatic carbocycles. The molecule has 3 aromatic carbocycles. The monoisotopic (exact) mass is 438 g/mol. The minimum Gasteiger partial charge on any atom is -0.332 e. The van der Waals surface area contributed by atoms with Gasteiger partial charge < -0.3 is 16.0 Å². The SMILES string of the molecule is O=C(CSc1ccccc1NC(=S)Nc1ccccc1)Nc1ccc([N+](=O)[O-])cc1. The van der Waals surface area contributed by atoms with Crippen LogP contribution in [0.1, 0.15) is 0 Å². The van der Waals surface area contributed by atoms with Crippen molar-refractivity contribution in [1.29, 1.82) is 0 Å². The third kappa shape index (κ3) is 6.29. The van der Waals surface area contributed by atoms with Crippen molar-refractivity contribution < 1.29 is 9.72 Å². The molecule has 7 nitrogen and oxygen atoms in total. The van der Waals surface area contributed by atoms with Gasteiger partial charge in [-0.3, -0.25) is 14.9 Å². The van der Waals surface area contributed by atoms with Crippen molar-refractivity contribution in [1.82, 2.24) is 0 Å². The van der Waals surface area contributed by atoms with E-state index >= 15 is 0 Å². The number of nitrogens with one attached hydrogen (secondary N) is 3. The van der Waals surface area contributed by atoms with Gasteiger partial charge >= 0.3 is 0 Å². The Balaban J connectivity index is 1.55. The molecule has 30 heavy (non-hydrogen) atoms. The lowest BCUT2D eigenvalue weighted by molar-refractivity contribution is -0.384. The van der Waals surface area contributed by atoms with Gasteiger partial charge in [0, 0.05) is 28.4 Å². The minimum atomic E-state index is -0.484. The molecule has 0 saturated heterocycles. The Hall–Kier alpha value is -3.43. The minimum absolute atomic E-state index is 0.0255. The molecule has 0 aliphatic rings. The Morgan fingerprint density at radius 3 is 2.20 bits per heavy atom. The molecule has 0 saturated carbocycles. The second-order valence-corrected chi connectivity index (χ2v) is 7.51. The van der Waals surface area contributed by atoms with Crippen molar-refractivity contribution in [3.63, 3.8) is 0 Å². The highest BCUT2D eigenvalue weighted by Crippen LogP contribution is 2.27. The van der Waals surface area contributed by atoms with Gasteiger partial charge in [-0.25, -0.2) is 0 Å². The van der Waals surface area contributed by atoms with Crippen LogP contribution in [-0.2, 0) is 4.79 Å². The first kappa shape index (κ1) is 21.3. The first-order valence-corrected chi connectivity index (χ1v) is 10.3. The number of benzene rings is 3. The van der Waals surface area contributed by atoms with Crippen molar-refractivity contribution in [3.05, 3.63) is 89.0 Å². The topological polar surface area (TPSA) is 96.3 Å². The van der Waals surface area contributed by atoms with E-state index < -0.39 is 4.92 Å². The molecular formula is C21H18N4O3S2. The summed E-state index contributed by atoms with van der Waals surface area (Å²) in [6.45, 7) is 0. The quantitative estimate of drug-likeness (QED) is 0.204. The van der Waals surface area contributed by atoms with E-state index in [1.54, 1.807) is 0 Å². The molecule has 9 heteroatoms. The molecule has 0 bridgehead atoms. The highest BCUT2D eigenvalue weighted by atomic mass is 32.2. The van der Waals surface area contributed by atoms with E-state index in [2.05, 4.69) is 16.0 Å². The van der Waals surface area contributed by atoms with Gasteiger partial charge in [0.25, 0.3) is 5.69 Å². The van der Waals surface area contributed by atoms with Crippen molar-refractivity contribution in [2.45, 2.75) is 4.90 Å². The fourth-order valence-corrected chi connectivity index (χ4v) is 3.54. The summed E-state index contributed by atoms with van der Waals surface area (Å²) in [5.74, 6) is -0.0391. The average Bonchev–Trinajstić information content (AvgIpc) is 2.74. The van der Waals surface area contributed by atoms with Crippen LogP contribution in [0.25, 0.3) is 0 Å². The Kier molecular flexibility index (Phi) is 7.36. The standard InChI is InChI=1S/C21H18N4O3S2/c26-20(22-16-10-12-17(13-11-16)25(27)28)14-30-19-9-5-4-8-18(19)24-21(29)23-15-6-2-1-3-7-15/h1-13H,14H2,(H,22,26)(H2,23,24,29). The third-order valence-electron chi connectivity index (χ3n) is 3.89. The molecule has 3 aromatic rings. The second-order valence-electron chi connectivity index (χ2n) is 6.08. The molecule has 0 heterocycles. The van der Waals surface area contributed by atoms with Crippen molar-refractivity contribution in [3.8, 4) is 0 Å². The van der Waals surface area contributed by atoms with E-state index in [0.717, 1.165) is 16.3 Å². The lowest BCUT2D eigenvalue weighted by Gasteiger charge is -2.14. The maximum Gasteiger partial charge on any atom is 0.269 e. The lowest BCUT2D eigenvalue weighted by atomic mass is 10.3. The Labute approximate surface area is 183 Å². The van der Waals surface area contributed by atoms with Crippen LogP contribution in [0, 0.1) is 10.1 Å². The summed E-state index contributed by atoms with van der Waals surface area (Å²) < 4.78 is 0. The highest BCUT2D eigenvalue weighted by molar-refractivity contribution is 8.00. The largest absolute Gasteiger partial charge is 0.332 e. The van der Waals surface area contributed by atoms with Crippen molar-refractivity contribution in [2.75, 3.05) is 21.7 Å². The number of carbonyl (C=O) groups excluding carboxylic acids is 1. The number of amides is 1. The molecule has 0 atom stereocenters. The van der Waals surface area contributed by atoms with E-state index in [-0.39, 0.29) is 17.3 Å². The van der Waals surface area contributed by atoms with E-state index in [1.165, 1.54) is 36.0 Å². The maximum atomic E-state index is 12.3. The van der Waals surface area contributed by atoms with Crippen LogP contribution in [0.3, 0.4) is 0 Å². The summed E-state index contributed by atoms with van der Waals surface area (Å²) in [6, 6.07) is 22.8. The highest BCUT2D eigenvalue weighted by Gasteiger charge is 2.10. The summed E-state index contributed by atoms with van der Waals surface area (Å²) in [7, 11) is 0. The number of hydrogen-bond acceptors (Lipinski definition) is 5. The Morgan fingerprint density at radius 2 is 1.50 bits per heavy atom. The first-order valence-electron chi connectivity index (χ1n) is 8.90. The van der Waals surface area contributed by atoms with Crippen molar-refractivity contribution in [2.24, 2.45) is 0 Å². The van der Waals surface area contributed by atoms with Crippen LogP contribution in [0.15, 0.2) is 83.8 Å². The summed E-state index contributed by atoms with van der Waals surface area (Å²) in [4.78, 5) is 23.3. The molecule has 0 aliphatic heterocycles. The summed E-state index contributed by atoms with van der Waals surface area (Å²) in [5, 5.41) is 20.1. The van der Waals surface area contributed by atoms with Gasteiger partial charge in [-0.05, 0) is 48.6 Å². The molecule has 3 rings (SSSR count). The van der Waals surface area contributed by atoms with E-state index in [4.69, 9.17) is 12.2 Å². The number of thiocarbonyl (C=S) groups is 1. The predicted molar refractivity (Wildman–Crippen MR) is 125 cm³/mol. The van der Waals surface area contributed by atoms with Crippen LogP contribution >= 0.6 is 24.0 Å². The smallest absolute Gasteiger partial charge is 0.269 e. The maximum absolute atomic E-state index is 12.3. The normalized spacial score (nSPS) is 10.1. The van der Waals surface area contributed by atoms with Gasteiger partial charge in [-0.1, -0.05) is 30.3 Å². The molecule has 0 fully saturated rings. The number of nitrogens with zero attached hydrogens (tertiary/aromatic N) is 1. The third-order valence-corrected chi connectivity index (χ3v) is 5.17. The molecule has 0 unspecified atom stereocenters. The van der Waals surface area contributed by atoms with Gasteiger partial charge in [0.15, 0.2) is 5.11 Å². The molecular weight excluding hydrogens is 420 g/mol. The fourth-order valence-electron chi connectivity index (χ4n) is 2.51. The second kappa shape index (κ2) is 10.4. The Bertz CT molecular complexity index is 1040. The number of nitro groups is 1. The fraction of sp³-hybridized carbons (Fsp3) is 0.0476. The number of hydrogen-bond donors (Lipinski definition) is 3. The number of carbonyl (C=O) groups is 1. The summed E-state index contributed by atoms with van der Waals surface area (Å²) in [5.41, 5.74) is 2.15. The number of non-ortho nitro benzene ring substituents is 1. The van der Waals surface area contributed by atoms with Crippen LogP contribution in [-0.4, -0.2) is 21.7 Å². The van der Waals surface area contributed by atoms with E-state index in [9.17, 15) is 14.9 Å². The molecule has 152 valence electrons. The van der Waals surface area contributed by atoms with Crippen LogP contribution < -0.4 is 16.0 Å². The van der Waals surface area contributed by atoms with Gasteiger partial charge in [0.2, 0.25) is 5.91 Å². The van der Waals surface area contributed by atoms with Gasteiger partial charge in [0.1, 0.15) is 0 Å². The zero-order valence-electron chi connectivity index (χ0n) is 15.7.